The van der Waals surface area contributed by atoms with Crippen LogP contribution in [0.1, 0.15) is 19.3 Å². The van der Waals surface area contributed by atoms with E-state index < -0.39 is 18.1 Å². The van der Waals surface area contributed by atoms with Crippen LogP contribution in [-0.4, -0.2) is 49.3 Å². The average molecular weight is 333 g/mol. The molecule has 2 fully saturated rings. The first kappa shape index (κ1) is 16.6. The third-order valence-electron chi connectivity index (χ3n) is 5.08. The Bertz CT molecular complexity index is 636. The lowest BCUT2D eigenvalue weighted by Gasteiger charge is -2.40. The Hall–Kier alpha value is -2.28. The second-order valence-electron chi connectivity index (χ2n) is 6.44. The number of carbonyl (C=O) groups excluding carboxylic acids is 2. The Kier molecular flexibility index (Phi) is 4.62. The van der Waals surface area contributed by atoms with Crippen molar-refractivity contribution >= 4 is 23.4 Å². The van der Waals surface area contributed by atoms with Crippen molar-refractivity contribution in [1.29, 1.82) is 0 Å². The van der Waals surface area contributed by atoms with E-state index in [4.69, 9.17) is 15.2 Å². The minimum absolute atomic E-state index is 0.0568. The topological polar surface area (TPSA) is 93.9 Å². The summed E-state index contributed by atoms with van der Waals surface area (Å²) in [7, 11) is 3.38. The largest absolute Gasteiger partial charge is 0.469 e. The van der Waals surface area contributed by atoms with Crippen LogP contribution in [0.4, 0.5) is 16.2 Å². The third kappa shape index (κ3) is 3.17. The number of hydrogen-bond acceptors (Lipinski definition) is 6. The second-order valence-corrected chi connectivity index (χ2v) is 6.44. The van der Waals surface area contributed by atoms with Crippen LogP contribution in [0.15, 0.2) is 24.3 Å². The number of nitrogens with two attached hydrogens (primary N) is 1. The highest BCUT2D eigenvalue weighted by Gasteiger charge is 2.50. The van der Waals surface area contributed by atoms with Crippen molar-refractivity contribution in [2.24, 2.45) is 5.92 Å². The molecule has 3 rings (SSSR count). The Labute approximate surface area is 141 Å². The van der Waals surface area contributed by atoms with Gasteiger partial charge in [0.25, 0.3) is 0 Å². The van der Waals surface area contributed by atoms with Crippen LogP contribution >= 0.6 is 0 Å². The predicted molar refractivity (Wildman–Crippen MR) is 89.4 cm³/mol. The summed E-state index contributed by atoms with van der Waals surface area (Å²) < 4.78 is 10.5. The molecule has 1 amide bonds. The van der Waals surface area contributed by atoms with Crippen LogP contribution < -0.4 is 11.1 Å². The number of nitrogens with zero attached hydrogens (tertiary/aromatic N) is 1. The molecular formula is C17H23N3O4. The zero-order valence-electron chi connectivity index (χ0n) is 13.9. The number of piperidine rings is 1. The van der Waals surface area contributed by atoms with Crippen molar-refractivity contribution in [1.82, 2.24) is 4.90 Å². The first-order valence-corrected chi connectivity index (χ1v) is 8.12. The van der Waals surface area contributed by atoms with E-state index >= 15 is 0 Å². The van der Waals surface area contributed by atoms with E-state index in [2.05, 4.69) is 10.2 Å². The van der Waals surface area contributed by atoms with Crippen molar-refractivity contribution in [3.05, 3.63) is 24.3 Å². The molecule has 130 valence electrons. The number of benzene rings is 1. The van der Waals surface area contributed by atoms with Crippen LogP contribution in [0, 0.1) is 5.92 Å². The number of nitrogens with one attached hydrogen (secondary N) is 1. The molecule has 2 heterocycles. The van der Waals surface area contributed by atoms with Crippen molar-refractivity contribution in [3.8, 4) is 0 Å². The molecule has 3 N–H and O–H groups in total. The zero-order chi connectivity index (χ0) is 17.3. The first-order chi connectivity index (χ1) is 11.5. The lowest BCUT2D eigenvalue weighted by atomic mass is 9.87. The number of nitrogen functional groups attached to an aromatic ring is 1. The van der Waals surface area contributed by atoms with Crippen LogP contribution in [0.5, 0.6) is 0 Å². The molecule has 0 radical (unpaired) electrons. The number of methoxy groups -OCH3 is 1. The minimum atomic E-state index is -0.580. The zero-order valence-corrected chi connectivity index (χ0v) is 13.9. The van der Waals surface area contributed by atoms with Gasteiger partial charge in [-0.2, -0.15) is 0 Å². The molecule has 0 spiro atoms. The molecule has 2 saturated heterocycles. The summed E-state index contributed by atoms with van der Waals surface area (Å²) in [6, 6.07) is 7.25. The lowest BCUT2D eigenvalue weighted by molar-refractivity contribution is -0.155. The van der Waals surface area contributed by atoms with Crippen LogP contribution in [-0.2, 0) is 14.3 Å². The van der Waals surface area contributed by atoms with Gasteiger partial charge >= 0.3 is 12.1 Å². The van der Waals surface area contributed by atoms with Crippen molar-refractivity contribution in [3.63, 3.8) is 0 Å². The lowest BCUT2D eigenvalue weighted by Crippen LogP contribution is -2.53. The predicted octanol–water partition coefficient (Wildman–Crippen LogP) is 1.84. The molecule has 1 aromatic rings. The molecule has 0 saturated carbocycles. The van der Waals surface area contributed by atoms with Gasteiger partial charge in [0.2, 0.25) is 0 Å². The first-order valence-electron chi connectivity index (χ1n) is 8.12. The molecular weight excluding hydrogens is 310 g/mol. The summed E-state index contributed by atoms with van der Waals surface area (Å²) >= 11 is 0. The van der Waals surface area contributed by atoms with Gasteiger partial charge < -0.3 is 15.2 Å². The van der Waals surface area contributed by atoms with E-state index in [0.29, 0.717) is 23.8 Å². The van der Waals surface area contributed by atoms with E-state index in [0.717, 1.165) is 12.8 Å². The molecule has 0 aliphatic carbocycles. The molecule has 7 nitrogen and oxygen atoms in total. The maximum atomic E-state index is 12.2. The Morgan fingerprint density at radius 1 is 1.33 bits per heavy atom. The standard InChI is InChI=1S/C17H23N3O4/c1-20-12-6-7-13(20)15(16(21)23-2)14(9-12)24-17(22)19-11-5-3-4-10(18)8-11/h3-5,8,12-15H,6-7,9,18H2,1-2H3,(H,19,22)/t12-,13+,14-,15+/m0/s1. The Morgan fingerprint density at radius 2 is 2.12 bits per heavy atom. The van der Waals surface area contributed by atoms with Gasteiger partial charge in [0, 0.05) is 29.9 Å². The SMILES string of the molecule is COC(=O)[C@H]1[C@@H](OC(=O)Nc2cccc(N)c2)C[C@@H]2CC[C@H]1N2C. The number of hydrogen-bond donors (Lipinski definition) is 2. The summed E-state index contributed by atoms with van der Waals surface area (Å²) in [5.41, 5.74) is 6.81. The van der Waals surface area contributed by atoms with E-state index in [9.17, 15) is 9.59 Å². The maximum absolute atomic E-state index is 12.2. The van der Waals surface area contributed by atoms with E-state index in [1.807, 2.05) is 7.05 Å². The molecule has 1 aromatic carbocycles. The van der Waals surface area contributed by atoms with Crippen molar-refractivity contribution in [2.75, 3.05) is 25.2 Å². The highest BCUT2D eigenvalue weighted by atomic mass is 16.6. The normalized spacial score (nSPS) is 29.1. The molecule has 2 bridgehead atoms. The Morgan fingerprint density at radius 3 is 2.83 bits per heavy atom. The highest BCUT2D eigenvalue weighted by Crippen LogP contribution is 2.40. The van der Waals surface area contributed by atoms with Crippen LogP contribution in [0.2, 0.25) is 0 Å². The van der Waals surface area contributed by atoms with E-state index in [1.165, 1.54) is 7.11 Å². The van der Waals surface area contributed by atoms with E-state index in [1.54, 1.807) is 24.3 Å². The summed E-state index contributed by atoms with van der Waals surface area (Å²) in [5.74, 6) is -0.778. The molecule has 4 atom stereocenters. The number of rotatable bonds is 3. The third-order valence-corrected chi connectivity index (χ3v) is 5.08. The average Bonchev–Trinajstić information content (AvgIpc) is 2.78. The van der Waals surface area contributed by atoms with Crippen molar-refractivity contribution < 1.29 is 19.1 Å². The number of fused-ring (bicyclic) bond motifs is 2. The summed E-state index contributed by atoms with van der Waals surface area (Å²) in [5, 5.41) is 2.66. The molecule has 2 aliphatic rings. The summed E-state index contributed by atoms with van der Waals surface area (Å²) in [6.45, 7) is 0. The maximum Gasteiger partial charge on any atom is 0.411 e. The van der Waals surface area contributed by atoms with Crippen LogP contribution in [0.25, 0.3) is 0 Å². The fourth-order valence-electron chi connectivity index (χ4n) is 3.89. The van der Waals surface area contributed by atoms with Crippen molar-refractivity contribution in [2.45, 2.75) is 37.5 Å². The molecule has 2 aliphatic heterocycles. The van der Waals surface area contributed by atoms with Gasteiger partial charge in [0.1, 0.15) is 12.0 Å². The number of carbonyl (C=O) groups is 2. The number of esters is 1. The smallest absolute Gasteiger partial charge is 0.411 e. The van der Waals surface area contributed by atoms with Gasteiger partial charge in [-0.25, -0.2) is 4.79 Å². The van der Waals surface area contributed by atoms with Gasteiger partial charge in [-0.15, -0.1) is 0 Å². The molecule has 0 aromatic heterocycles. The van der Waals surface area contributed by atoms with Gasteiger partial charge in [0.15, 0.2) is 0 Å². The molecule has 7 heteroatoms. The van der Waals surface area contributed by atoms with E-state index in [-0.39, 0.29) is 12.0 Å². The highest BCUT2D eigenvalue weighted by molar-refractivity contribution is 5.85. The number of ether oxygens (including phenoxy) is 2. The molecule has 0 unspecified atom stereocenters. The summed E-state index contributed by atoms with van der Waals surface area (Å²) in [4.78, 5) is 26.6. The molecule has 24 heavy (non-hydrogen) atoms. The van der Waals surface area contributed by atoms with Gasteiger partial charge in [0.05, 0.1) is 7.11 Å². The quantitative estimate of drug-likeness (QED) is 0.647. The number of anilines is 2. The van der Waals surface area contributed by atoms with Crippen LogP contribution in [0.3, 0.4) is 0 Å². The van der Waals surface area contributed by atoms with Gasteiger partial charge in [-0.1, -0.05) is 6.07 Å². The summed E-state index contributed by atoms with van der Waals surface area (Å²) in [6.07, 6.45) is 1.50. The minimum Gasteiger partial charge on any atom is -0.469 e. The van der Waals surface area contributed by atoms with Gasteiger partial charge in [-0.3, -0.25) is 15.0 Å². The fraction of sp³-hybridized carbons (Fsp3) is 0.529. The second kappa shape index (κ2) is 6.68. The number of amides is 1. The fourth-order valence-corrected chi connectivity index (χ4v) is 3.89. The van der Waals surface area contributed by atoms with Gasteiger partial charge in [-0.05, 0) is 38.1 Å². The monoisotopic (exact) mass is 333 g/mol. The Balaban J connectivity index is 1.70.